The van der Waals surface area contributed by atoms with E-state index < -0.39 is 0 Å². The Morgan fingerprint density at radius 1 is 1.29 bits per heavy atom. The maximum atomic E-state index is 5.40. The van der Waals surface area contributed by atoms with Crippen molar-refractivity contribution in [1.29, 1.82) is 0 Å². The Morgan fingerprint density at radius 2 is 2.06 bits per heavy atom. The summed E-state index contributed by atoms with van der Waals surface area (Å²) in [6.07, 6.45) is 1.98. The number of rotatable bonds is 7. The zero-order valence-corrected chi connectivity index (χ0v) is 12.6. The first-order valence-electron chi connectivity index (χ1n) is 5.70. The molecule has 0 saturated carbocycles. The van der Waals surface area contributed by atoms with Gasteiger partial charge in [-0.2, -0.15) is 0 Å². The number of methoxy groups -OCH3 is 1. The molecule has 0 aromatic carbocycles. The summed E-state index contributed by atoms with van der Waals surface area (Å²) in [5, 5.41) is 0. The van der Waals surface area contributed by atoms with Crippen LogP contribution >= 0.6 is 23.1 Å². The third-order valence-corrected chi connectivity index (χ3v) is 4.65. The van der Waals surface area contributed by atoms with Crippen LogP contribution in [0.2, 0.25) is 0 Å². The van der Waals surface area contributed by atoms with Crippen LogP contribution in [0.3, 0.4) is 0 Å². The van der Waals surface area contributed by atoms with Crippen LogP contribution in [0.25, 0.3) is 0 Å². The van der Waals surface area contributed by atoms with Gasteiger partial charge < -0.3 is 9.47 Å². The lowest BCUT2D eigenvalue weighted by Crippen LogP contribution is -2.07. The molecule has 0 aliphatic carbocycles. The van der Waals surface area contributed by atoms with Crippen LogP contribution in [0.4, 0.5) is 0 Å². The monoisotopic (exact) mass is 275 g/mol. The van der Waals surface area contributed by atoms with Crippen molar-refractivity contribution in [2.24, 2.45) is 0 Å². The number of thioether (sulfide) groups is 1. The molecule has 0 spiro atoms. The first-order chi connectivity index (χ1) is 8.04. The molecule has 0 atom stereocenters. The fraction of sp³-hybridized carbons (Fsp3) is 0.750. The zero-order chi connectivity index (χ0) is 12.7. The van der Waals surface area contributed by atoms with E-state index in [0.29, 0.717) is 13.2 Å². The highest BCUT2D eigenvalue weighted by Gasteiger charge is 2.16. The Balaban J connectivity index is 2.21. The molecule has 3 nitrogen and oxygen atoms in total. The maximum absolute atomic E-state index is 5.40. The number of thiazole rings is 1. The van der Waals surface area contributed by atoms with E-state index in [2.05, 4.69) is 25.8 Å². The molecule has 0 amide bonds. The van der Waals surface area contributed by atoms with Crippen molar-refractivity contribution in [2.45, 2.75) is 30.5 Å². The van der Waals surface area contributed by atoms with Gasteiger partial charge in [-0.3, -0.25) is 0 Å². The van der Waals surface area contributed by atoms with Gasteiger partial charge in [-0.15, -0.1) is 11.3 Å². The van der Waals surface area contributed by atoms with E-state index in [1.165, 1.54) is 4.88 Å². The van der Waals surface area contributed by atoms with Crippen LogP contribution < -0.4 is 0 Å². The summed E-state index contributed by atoms with van der Waals surface area (Å²) in [7, 11) is 1.68. The molecule has 17 heavy (non-hydrogen) atoms. The van der Waals surface area contributed by atoms with Crippen molar-refractivity contribution in [3.8, 4) is 0 Å². The molecule has 0 fully saturated rings. The Morgan fingerprint density at radius 3 is 2.65 bits per heavy atom. The van der Waals surface area contributed by atoms with Crippen molar-refractivity contribution in [3.63, 3.8) is 0 Å². The zero-order valence-electron chi connectivity index (χ0n) is 11.0. The third kappa shape index (κ3) is 5.86. The summed E-state index contributed by atoms with van der Waals surface area (Å²) in [5.74, 6) is 0.945. The standard InChI is InChI=1S/C12H21NO2S2/c1-12(2,3)10-9-13-11(17-10)16-8-7-15-6-5-14-4/h9H,5-8H2,1-4H3. The predicted molar refractivity (Wildman–Crippen MR) is 74.2 cm³/mol. The van der Waals surface area contributed by atoms with Gasteiger partial charge in [0.05, 0.1) is 19.8 Å². The third-order valence-electron chi connectivity index (χ3n) is 2.11. The molecule has 1 aromatic rings. The van der Waals surface area contributed by atoms with E-state index in [0.717, 1.165) is 16.7 Å². The molecular weight excluding hydrogens is 254 g/mol. The van der Waals surface area contributed by atoms with Crippen molar-refractivity contribution >= 4 is 23.1 Å². The summed E-state index contributed by atoms with van der Waals surface area (Å²) in [4.78, 5) is 5.75. The maximum Gasteiger partial charge on any atom is 0.150 e. The summed E-state index contributed by atoms with van der Waals surface area (Å²) in [6, 6.07) is 0. The summed E-state index contributed by atoms with van der Waals surface area (Å²) in [6.45, 7) is 8.71. The molecule has 5 heteroatoms. The first kappa shape index (κ1) is 15.0. The second-order valence-corrected chi connectivity index (χ2v) is 7.07. The number of nitrogens with zero attached hydrogens (tertiary/aromatic N) is 1. The largest absolute Gasteiger partial charge is 0.382 e. The first-order valence-corrected chi connectivity index (χ1v) is 7.50. The highest BCUT2D eigenvalue weighted by molar-refractivity contribution is 8.01. The summed E-state index contributed by atoms with van der Waals surface area (Å²) in [5.41, 5.74) is 0.200. The van der Waals surface area contributed by atoms with Gasteiger partial charge in [0.2, 0.25) is 0 Å². The van der Waals surface area contributed by atoms with Gasteiger partial charge in [-0.1, -0.05) is 32.5 Å². The Kier molecular flexibility index (Phi) is 6.48. The van der Waals surface area contributed by atoms with Crippen molar-refractivity contribution in [2.75, 3.05) is 32.7 Å². The van der Waals surface area contributed by atoms with Crippen molar-refractivity contribution in [1.82, 2.24) is 4.98 Å². The lowest BCUT2D eigenvalue weighted by atomic mass is 9.96. The molecule has 0 saturated heterocycles. The van der Waals surface area contributed by atoms with Gasteiger partial charge in [0.1, 0.15) is 4.34 Å². The second-order valence-electron chi connectivity index (χ2n) is 4.69. The lowest BCUT2D eigenvalue weighted by Gasteiger charge is -2.14. The topological polar surface area (TPSA) is 31.4 Å². The fourth-order valence-corrected chi connectivity index (χ4v) is 3.07. The van der Waals surface area contributed by atoms with Gasteiger partial charge in [-0.05, 0) is 5.41 Å². The van der Waals surface area contributed by atoms with Crippen molar-refractivity contribution in [3.05, 3.63) is 11.1 Å². The fourth-order valence-electron chi connectivity index (χ4n) is 1.10. The molecule has 0 aliphatic rings. The van der Waals surface area contributed by atoms with Gasteiger partial charge in [0, 0.05) is 23.9 Å². The van der Waals surface area contributed by atoms with Gasteiger partial charge in [0.15, 0.2) is 0 Å². The average Bonchev–Trinajstić information content (AvgIpc) is 2.71. The quantitative estimate of drug-likeness (QED) is 0.565. The number of hydrogen-bond donors (Lipinski definition) is 0. The highest BCUT2D eigenvalue weighted by atomic mass is 32.2. The van der Waals surface area contributed by atoms with E-state index in [1.54, 1.807) is 30.2 Å². The Labute approximate surface area is 112 Å². The van der Waals surface area contributed by atoms with Crippen LogP contribution in [0.5, 0.6) is 0 Å². The minimum absolute atomic E-state index is 0.200. The minimum atomic E-state index is 0.200. The van der Waals surface area contributed by atoms with Gasteiger partial charge in [-0.25, -0.2) is 4.98 Å². The van der Waals surface area contributed by atoms with E-state index in [4.69, 9.17) is 9.47 Å². The SMILES string of the molecule is COCCOCCSc1ncc(C(C)(C)C)s1. The molecule has 1 rings (SSSR count). The smallest absolute Gasteiger partial charge is 0.150 e. The normalized spacial score (nSPS) is 12.0. The Hall–Kier alpha value is -0.100. The van der Waals surface area contributed by atoms with Crippen LogP contribution in [0, 0.1) is 0 Å². The molecular formula is C12H21NO2S2. The molecule has 0 bridgehead atoms. The number of aromatic nitrogens is 1. The molecule has 0 unspecified atom stereocenters. The number of ether oxygens (including phenoxy) is 2. The van der Waals surface area contributed by atoms with E-state index in [-0.39, 0.29) is 5.41 Å². The van der Waals surface area contributed by atoms with Crippen LogP contribution in [-0.4, -0.2) is 37.7 Å². The molecule has 1 aromatic heterocycles. The average molecular weight is 275 g/mol. The molecule has 0 aliphatic heterocycles. The lowest BCUT2D eigenvalue weighted by molar-refractivity contribution is 0.0790. The van der Waals surface area contributed by atoms with Crippen LogP contribution in [0.15, 0.2) is 10.5 Å². The molecule has 0 radical (unpaired) electrons. The Bertz CT molecular complexity index is 321. The van der Waals surface area contributed by atoms with Gasteiger partial charge >= 0.3 is 0 Å². The second kappa shape index (κ2) is 7.36. The minimum Gasteiger partial charge on any atom is -0.382 e. The summed E-state index contributed by atoms with van der Waals surface area (Å²) < 4.78 is 11.4. The van der Waals surface area contributed by atoms with Crippen LogP contribution in [-0.2, 0) is 14.9 Å². The highest BCUT2D eigenvalue weighted by Crippen LogP contribution is 2.32. The summed E-state index contributed by atoms with van der Waals surface area (Å²) >= 11 is 3.54. The predicted octanol–water partition coefficient (Wildman–Crippen LogP) is 3.20. The van der Waals surface area contributed by atoms with Crippen molar-refractivity contribution < 1.29 is 9.47 Å². The van der Waals surface area contributed by atoms with Crippen LogP contribution in [0.1, 0.15) is 25.6 Å². The van der Waals surface area contributed by atoms with E-state index in [9.17, 15) is 0 Å². The van der Waals surface area contributed by atoms with E-state index in [1.807, 2.05) is 6.20 Å². The van der Waals surface area contributed by atoms with E-state index >= 15 is 0 Å². The molecule has 0 N–H and O–H groups in total. The molecule has 98 valence electrons. The molecule has 1 heterocycles. The number of hydrogen-bond acceptors (Lipinski definition) is 5. The van der Waals surface area contributed by atoms with Gasteiger partial charge in [0.25, 0.3) is 0 Å².